The molecule has 2 saturated carbocycles. The predicted molar refractivity (Wildman–Crippen MR) is 87.8 cm³/mol. The molecule has 0 radical (unpaired) electrons. The van der Waals surface area contributed by atoms with Crippen molar-refractivity contribution in [1.82, 2.24) is 0 Å². The molecule has 1 aromatic rings. The number of aromatic hydroxyl groups is 1. The van der Waals surface area contributed by atoms with Crippen molar-refractivity contribution in [1.29, 1.82) is 0 Å². The van der Waals surface area contributed by atoms with Gasteiger partial charge < -0.3 is 10.2 Å². The Morgan fingerprint density at radius 2 is 2.04 bits per heavy atom. The van der Waals surface area contributed by atoms with Gasteiger partial charge in [0.05, 0.1) is 5.60 Å². The maximum absolute atomic E-state index is 13.9. The van der Waals surface area contributed by atoms with Crippen molar-refractivity contribution in [2.75, 3.05) is 0 Å². The Labute approximate surface area is 137 Å². The van der Waals surface area contributed by atoms with Gasteiger partial charge >= 0.3 is 0 Å². The first-order chi connectivity index (χ1) is 10.9. The molecular weight excluding hydrogens is 291 g/mol. The van der Waals surface area contributed by atoms with Crippen LogP contribution in [0.1, 0.15) is 56.1 Å². The van der Waals surface area contributed by atoms with Gasteiger partial charge in [0, 0.05) is 5.41 Å². The van der Waals surface area contributed by atoms with Crippen LogP contribution >= 0.6 is 0 Å². The largest absolute Gasteiger partial charge is 0.505 e. The molecule has 0 saturated heterocycles. The van der Waals surface area contributed by atoms with Gasteiger partial charge in [-0.3, -0.25) is 0 Å². The first-order valence-electron chi connectivity index (χ1n) is 8.77. The van der Waals surface area contributed by atoms with E-state index >= 15 is 0 Å². The highest BCUT2D eigenvalue weighted by molar-refractivity contribution is 5.41. The van der Waals surface area contributed by atoms with Crippen LogP contribution in [-0.4, -0.2) is 15.8 Å². The van der Waals surface area contributed by atoms with Crippen LogP contribution in [0.25, 0.3) is 0 Å². The number of benzene rings is 1. The first kappa shape index (κ1) is 15.2. The van der Waals surface area contributed by atoms with E-state index in [2.05, 4.69) is 13.5 Å². The highest BCUT2D eigenvalue weighted by Crippen LogP contribution is 2.64. The molecule has 5 atom stereocenters. The topological polar surface area (TPSA) is 40.5 Å². The summed E-state index contributed by atoms with van der Waals surface area (Å²) >= 11 is 0. The molecule has 124 valence electrons. The second kappa shape index (κ2) is 4.83. The third-order valence-electron chi connectivity index (χ3n) is 7.34. The summed E-state index contributed by atoms with van der Waals surface area (Å²) in [4.78, 5) is 0. The van der Waals surface area contributed by atoms with Crippen LogP contribution in [0.4, 0.5) is 4.39 Å². The van der Waals surface area contributed by atoms with Gasteiger partial charge in [0.15, 0.2) is 11.6 Å². The molecule has 0 bridgehead atoms. The summed E-state index contributed by atoms with van der Waals surface area (Å²) in [7, 11) is 0. The quantitative estimate of drug-likeness (QED) is 0.758. The number of phenols is 1. The lowest BCUT2D eigenvalue weighted by Gasteiger charge is -2.52. The van der Waals surface area contributed by atoms with Gasteiger partial charge in [-0.25, -0.2) is 4.39 Å². The third-order valence-corrected chi connectivity index (χ3v) is 7.34. The molecule has 2 N–H and O–H groups in total. The number of hydrogen-bond donors (Lipinski definition) is 2. The van der Waals surface area contributed by atoms with Crippen LogP contribution in [0, 0.1) is 23.1 Å². The number of fused-ring (bicyclic) bond motifs is 5. The molecule has 3 aliphatic carbocycles. The number of aryl methyl sites for hydroxylation is 1. The SMILES string of the molecule is C=C[C@@]1(O)CC[C@H]2[C@@H]3CCc4cc(O)c(F)cc4[C@H]3CC[C@@]21C. The van der Waals surface area contributed by atoms with Crippen LogP contribution in [0.3, 0.4) is 0 Å². The zero-order chi connectivity index (χ0) is 16.4. The average Bonchev–Trinajstić information content (AvgIpc) is 2.81. The highest BCUT2D eigenvalue weighted by atomic mass is 19.1. The van der Waals surface area contributed by atoms with Crippen LogP contribution in [0.15, 0.2) is 24.8 Å². The molecule has 0 aliphatic heterocycles. The standard InChI is InChI=1S/C20H25FO2/c1-3-20(23)9-7-16-14-5-4-12-10-18(22)17(21)11-15(12)13(14)6-8-19(16,20)2/h3,10-11,13-14,16,22-23H,1,4-9H2,2H3/t13-,14+,16-,19-,20+/m0/s1. The molecule has 23 heavy (non-hydrogen) atoms. The van der Waals surface area contributed by atoms with Crippen molar-refractivity contribution in [2.24, 2.45) is 17.3 Å². The maximum Gasteiger partial charge on any atom is 0.165 e. The summed E-state index contributed by atoms with van der Waals surface area (Å²) < 4.78 is 13.9. The Bertz CT molecular complexity index is 670. The van der Waals surface area contributed by atoms with Crippen LogP contribution < -0.4 is 0 Å². The van der Waals surface area contributed by atoms with E-state index in [4.69, 9.17) is 0 Å². The minimum atomic E-state index is -0.761. The molecule has 4 rings (SSSR count). The van der Waals surface area contributed by atoms with Gasteiger partial charge in [-0.15, -0.1) is 6.58 Å². The minimum Gasteiger partial charge on any atom is -0.505 e. The van der Waals surface area contributed by atoms with Gasteiger partial charge in [-0.1, -0.05) is 13.0 Å². The van der Waals surface area contributed by atoms with E-state index in [1.807, 2.05) is 0 Å². The van der Waals surface area contributed by atoms with Crippen molar-refractivity contribution in [2.45, 2.75) is 57.0 Å². The van der Waals surface area contributed by atoms with Gasteiger partial charge in [-0.05, 0) is 79.5 Å². The van der Waals surface area contributed by atoms with E-state index in [9.17, 15) is 14.6 Å². The van der Waals surface area contributed by atoms with E-state index in [0.717, 1.165) is 49.7 Å². The number of aliphatic hydroxyl groups is 1. The van der Waals surface area contributed by atoms with E-state index in [1.54, 1.807) is 18.2 Å². The van der Waals surface area contributed by atoms with Crippen molar-refractivity contribution >= 4 is 0 Å². The lowest BCUT2D eigenvalue weighted by atomic mass is 9.53. The fourth-order valence-corrected chi connectivity index (χ4v) is 5.97. The Morgan fingerprint density at radius 1 is 1.26 bits per heavy atom. The second-order valence-corrected chi connectivity index (χ2v) is 8.04. The van der Waals surface area contributed by atoms with Crippen molar-refractivity contribution in [3.8, 4) is 5.75 Å². The van der Waals surface area contributed by atoms with Crippen molar-refractivity contribution in [3.05, 3.63) is 41.7 Å². The van der Waals surface area contributed by atoms with Crippen LogP contribution in [-0.2, 0) is 6.42 Å². The molecular formula is C20H25FO2. The Balaban J connectivity index is 1.73. The van der Waals surface area contributed by atoms with Gasteiger partial charge in [0.1, 0.15) is 0 Å². The Kier molecular flexibility index (Phi) is 3.19. The van der Waals surface area contributed by atoms with E-state index in [1.165, 1.54) is 0 Å². The molecule has 0 spiro atoms. The summed E-state index contributed by atoms with van der Waals surface area (Å²) in [6.07, 6.45) is 7.45. The molecule has 2 fully saturated rings. The van der Waals surface area contributed by atoms with Gasteiger partial charge in [0.2, 0.25) is 0 Å². The molecule has 0 aromatic heterocycles. The maximum atomic E-state index is 13.9. The van der Waals surface area contributed by atoms with E-state index < -0.39 is 11.4 Å². The van der Waals surface area contributed by atoms with Crippen molar-refractivity contribution in [3.63, 3.8) is 0 Å². The Hall–Kier alpha value is -1.35. The number of phenolic OH excluding ortho intramolecular Hbond substituents is 1. The zero-order valence-corrected chi connectivity index (χ0v) is 13.7. The molecule has 0 heterocycles. The molecule has 1 aromatic carbocycles. The monoisotopic (exact) mass is 316 g/mol. The second-order valence-electron chi connectivity index (χ2n) is 8.04. The first-order valence-corrected chi connectivity index (χ1v) is 8.77. The lowest BCUT2D eigenvalue weighted by Crippen LogP contribution is -2.49. The predicted octanol–water partition coefficient (Wildman–Crippen LogP) is 4.30. The average molecular weight is 316 g/mol. The molecule has 0 amide bonds. The summed E-state index contributed by atoms with van der Waals surface area (Å²) in [5, 5.41) is 20.7. The molecule has 2 nitrogen and oxygen atoms in total. The van der Waals surface area contributed by atoms with Crippen LogP contribution in [0.2, 0.25) is 0 Å². The van der Waals surface area contributed by atoms with Crippen molar-refractivity contribution < 1.29 is 14.6 Å². The zero-order valence-electron chi connectivity index (χ0n) is 13.7. The lowest BCUT2D eigenvalue weighted by molar-refractivity contribution is -0.0707. The summed E-state index contributed by atoms with van der Waals surface area (Å²) in [5.41, 5.74) is 1.32. The molecule has 3 heteroatoms. The highest BCUT2D eigenvalue weighted by Gasteiger charge is 2.60. The van der Waals surface area contributed by atoms with Crippen LogP contribution in [0.5, 0.6) is 5.75 Å². The summed E-state index contributed by atoms with van der Waals surface area (Å²) in [6.45, 7) is 6.10. The smallest absolute Gasteiger partial charge is 0.165 e. The normalized spacial score (nSPS) is 41.8. The third kappa shape index (κ3) is 1.89. The molecule has 0 unspecified atom stereocenters. The fraction of sp³-hybridized carbons (Fsp3) is 0.600. The summed E-state index contributed by atoms with van der Waals surface area (Å²) in [5.74, 6) is 0.587. The number of rotatable bonds is 1. The van der Waals surface area contributed by atoms with Gasteiger partial charge in [-0.2, -0.15) is 0 Å². The Morgan fingerprint density at radius 3 is 2.78 bits per heavy atom. The summed E-state index contributed by atoms with van der Waals surface area (Å²) in [6, 6.07) is 3.17. The molecule has 3 aliphatic rings. The minimum absolute atomic E-state index is 0.108. The van der Waals surface area contributed by atoms with Gasteiger partial charge in [0.25, 0.3) is 0 Å². The van der Waals surface area contributed by atoms with E-state index in [-0.39, 0.29) is 11.2 Å². The van der Waals surface area contributed by atoms with E-state index in [0.29, 0.717) is 17.8 Å². The number of hydrogen-bond acceptors (Lipinski definition) is 2. The number of halogens is 1. The fourth-order valence-electron chi connectivity index (χ4n) is 5.97.